The number of aromatic nitrogens is 2. The number of hydrogen-bond acceptors (Lipinski definition) is 4. The fourth-order valence-electron chi connectivity index (χ4n) is 2.01. The van der Waals surface area contributed by atoms with Gasteiger partial charge in [-0.3, -0.25) is 4.98 Å². The van der Waals surface area contributed by atoms with Crippen LogP contribution in [0.15, 0.2) is 45.5 Å². The molecule has 0 spiro atoms. The third kappa shape index (κ3) is 2.27. The van der Waals surface area contributed by atoms with Gasteiger partial charge in [0, 0.05) is 34.1 Å². The zero-order valence-electron chi connectivity index (χ0n) is 10.0. The van der Waals surface area contributed by atoms with Crippen LogP contribution in [0.2, 0.25) is 0 Å². The smallest absolute Gasteiger partial charge is 0.139 e. The molecule has 3 aromatic rings. The lowest BCUT2D eigenvalue weighted by Crippen LogP contribution is -1.87. The largest absolute Gasteiger partial charge is 0.396 e. The van der Waals surface area contributed by atoms with E-state index < -0.39 is 0 Å². The summed E-state index contributed by atoms with van der Waals surface area (Å²) in [7, 11) is 0. The molecule has 19 heavy (non-hydrogen) atoms. The van der Waals surface area contributed by atoms with Gasteiger partial charge in [-0.05, 0) is 18.2 Å². The third-order valence-corrected chi connectivity index (χ3v) is 3.60. The summed E-state index contributed by atoms with van der Waals surface area (Å²) in [4.78, 5) is 4.41. The van der Waals surface area contributed by atoms with Crippen molar-refractivity contribution in [3.63, 3.8) is 0 Å². The standard InChI is InChI=1S/C14H11BrN2O2/c15-12-4-3-11(14-10(12)2-1-6-16-14)13-8-9(5-7-18)19-17-13/h1-4,6,8,18H,5,7H2. The van der Waals surface area contributed by atoms with Gasteiger partial charge in [0.25, 0.3) is 0 Å². The van der Waals surface area contributed by atoms with Crippen molar-refractivity contribution in [3.8, 4) is 11.3 Å². The van der Waals surface area contributed by atoms with Gasteiger partial charge in [0.15, 0.2) is 0 Å². The number of nitrogens with zero attached hydrogens (tertiary/aromatic N) is 2. The van der Waals surface area contributed by atoms with Gasteiger partial charge in [0.1, 0.15) is 11.5 Å². The summed E-state index contributed by atoms with van der Waals surface area (Å²) in [6, 6.07) is 9.68. The lowest BCUT2D eigenvalue weighted by molar-refractivity contribution is 0.277. The van der Waals surface area contributed by atoms with E-state index in [4.69, 9.17) is 9.63 Å². The predicted octanol–water partition coefficient (Wildman–Crippen LogP) is 3.19. The van der Waals surface area contributed by atoms with Gasteiger partial charge in [-0.1, -0.05) is 27.2 Å². The average Bonchev–Trinajstić information content (AvgIpc) is 2.88. The van der Waals surface area contributed by atoms with E-state index in [1.807, 2.05) is 30.3 Å². The summed E-state index contributed by atoms with van der Waals surface area (Å²) in [5, 5.41) is 14.0. The van der Waals surface area contributed by atoms with Crippen LogP contribution in [0.3, 0.4) is 0 Å². The lowest BCUT2D eigenvalue weighted by atomic mass is 10.1. The predicted molar refractivity (Wildman–Crippen MR) is 75.7 cm³/mol. The number of hydrogen-bond donors (Lipinski definition) is 1. The zero-order valence-corrected chi connectivity index (χ0v) is 11.6. The van der Waals surface area contributed by atoms with Crippen LogP contribution in [-0.2, 0) is 6.42 Å². The summed E-state index contributed by atoms with van der Waals surface area (Å²) in [6.45, 7) is 0.0496. The van der Waals surface area contributed by atoms with Gasteiger partial charge in [0.05, 0.1) is 12.1 Å². The van der Waals surface area contributed by atoms with E-state index in [2.05, 4.69) is 26.1 Å². The van der Waals surface area contributed by atoms with Crippen molar-refractivity contribution >= 4 is 26.8 Å². The van der Waals surface area contributed by atoms with Crippen molar-refractivity contribution in [1.29, 1.82) is 0 Å². The molecule has 2 heterocycles. The molecule has 3 rings (SSSR count). The molecule has 96 valence electrons. The highest BCUT2D eigenvalue weighted by atomic mass is 79.9. The third-order valence-electron chi connectivity index (χ3n) is 2.91. The maximum absolute atomic E-state index is 8.90. The lowest BCUT2D eigenvalue weighted by Gasteiger charge is -2.04. The Labute approximate surface area is 118 Å². The monoisotopic (exact) mass is 318 g/mol. The molecule has 5 heteroatoms. The van der Waals surface area contributed by atoms with E-state index in [0.717, 1.165) is 26.6 Å². The van der Waals surface area contributed by atoms with Gasteiger partial charge >= 0.3 is 0 Å². The average molecular weight is 319 g/mol. The number of halogens is 1. The zero-order chi connectivity index (χ0) is 13.2. The summed E-state index contributed by atoms with van der Waals surface area (Å²) in [6.07, 6.45) is 2.22. The first kappa shape index (κ1) is 12.3. The van der Waals surface area contributed by atoms with Gasteiger partial charge in [0.2, 0.25) is 0 Å². The number of rotatable bonds is 3. The second kappa shape index (κ2) is 5.11. The summed E-state index contributed by atoms with van der Waals surface area (Å²) in [5.41, 5.74) is 2.53. The minimum Gasteiger partial charge on any atom is -0.396 e. The number of aliphatic hydroxyl groups excluding tert-OH is 1. The first-order valence-corrected chi connectivity index (χ1v) is 6.69. The maximum Gasteiger partial charge on any atom is 0.139 e. The van der Waals surface area contributed by atoms with Crippen LogP contribution in [-0.4, -0.2) is 21.9 Å². The van der Waals surface area contributed by atoms with Gasteiger partial charge in [-0.15, -0.1) is 0 Å². The van der Waals surface area contributed by atoms with Crippen LogP contribution in [0.25, 0.3) is 22.2 Å². The molecule has 0 unspecified atom stereocenters. The Morgan fingerprint density at radius 1 is 1.26 bits per heavy atom. The molecular formula is C14H11BrN2O2. The van der Waals surface area contributed by atoms with Gasteiger partial charge < -0.3 is 9.63 Å². The molecule has 0 fully saturated rings. The van der Waals surface area contributed by atoms with E-state index in [9.17, 15) is 0 Å². The normalized spacial score (nSPS) is 11.1. The summed E-state index contributed by atoms with van der Waals surface area (Å²) in [5.74, 6) is 0.671. The molecule has 1 aromatic carbocycles. The van der Waals surface area contributed by atoms with Crippen LogP contribution in [0, 0.1) is 0 Å². The Bertz CT molecular complexity index is 724. The molecule has 0 radical (unpaired) electrons. The topological polar surface area (TPSA) is 59.2 Å². The number of pyridine rings is 1. The van der Waals surface area contributed by atoms with E-state index in [1.54, 1.807) is 6.20 Å². The molecule has 0 aliphatic carbocycles. The van der Waals surface area contributed by atoms with Crippen LogP contribution in [0.1, 0.15) is 5.76 Å². The molecule has 0 atom stereocenters. The van der Waals surface area contributed by atoms with Crippen LogP contribution < -0.4 is 0 Å². The maximum atomic E-state index is 8.90. The minimum absolute atomic E-state index is 0.0496. The molecule has 0 aliphatic rings. The highest BCUT2D eigenvalue weighted by Crippen LogP contribution is 2.31. The number of fused-ring (bicyclic) bond motifs is 1. The molecule has 4 nitrogen and oxygen atoms in total. The molecule has 0 saturated heterocycles. The van der Waals surface area contributed by atoms with Crippen molar-refractivity contribution in [2.45, 2.75) is 6.42 Å². The second-order valence-electron chi connectivity index (χ2n) is 4.15. The molecule has 2 aromatic heterocycles. The fraction of sp³-hybridized carbons (Fsp3) is 0.143. The summed E-state index contributed by atoms with van der Waals surface area (Å²) < 4.78 is 6.19. The Morgan fingerprint density at radius 3 is 3.00 bits per heavy atom. The minimum atomic E-state index is 0.0496. The van der Waals surface area contributed by atoms with E-state index in [1.165, 1.54) is 0 Å². The highest BCUT2D eigenvalue weighted by molar-refractivity contribution is 9.10. The van der Waals surface area contributed by atoms with Crippen LogP contribution in [0.5, 0.6) is 0 Å². The molecule has 0 aliphatic heterocycles. The van der Waals surface area contributed by atoms with Crippen molar-refractivity contribution in [3.05, 3.63) is 46.8 Å². The van der Waals surface area contributed by atoms with Gasteiger partial charge in [-0.2, -0.15) is 0 Å². The number of aliphatic hydroxyl groups is 1. The summed E-state index contributed by atoms with van der Waals surface area (Å²) >= 11 is 3.52. The SMILES string of the molecule is OCCc1cc(-c2ccc(Br)c3cccnc23)no1. The van der Waals surface area contributed by atoms with Crippen molar-refractivity contribution in [2.75, 3.05) is 6.61 Å². The van der Waals surface area contributed by atoms with Crippen molar-refractivity contribution in [2.24, 2.45) is 0 Å². The van der Waals surface area contributed by atoms with E-state index >= 15 is 0 Å². The van der Waals surface area contributed by atoms with E-state index in [-0.39, 0.29) is 6.61 Å². The van der Waals surface area contributed by atoms with E-state index in [0.29, 0.717) is 12.2 Å². The molecule has 0 saturated carbocycles. The molecule has 1 N–H and O–H groups in total. The van der Waals surface area contributed by atoms with Crippen molar-refractivity contribution in [1.82, 2.24) is 10.1 Å². The molecule has 0 amide bonds. The van der Waals surface area contributed by atoms with Crippen LogP contribution in [0.4, 0.5) is 0 Å². The quantitative estimate of drug-likeness (QED) is 0.805. The first-order chi connectivity index (χ1) is 9.29. The second-order valence-corrected chi connectivity index (χ2v) is 5.00. The van der Waals surface area contributed by atoms with Gasteiger partial charge in [-0.25, -0.2) is 0 Å². The first-order valence-electron chi connectivity index (χ1n) is 5.89. The fourth-order valence-corrected chi connectivity index (χ4v) is 2.46. The Kier molecular flexibility index (Phi) is 3.31. The Morgan fingerprint density at radius 2 is 2.16 bits per heavy atom. The highest BCUT2D eigenvalue weighted by Gasteiger charge is 2.11. The molecular weight excluding hydrogens is 308 g/mol. The van der Waals surface area contributed by atoms with Crippen LogP contribution >= 0.6 is 15.9 Å². The Balaban J connectivity index is 2.16. The number of benzene rings is 1. The van der Waals surface area contributed by atoms with Crippen molar-refractivity contribution < 1.29 is 9.63 Å². The Hall–Kier alpha value is -1.72. The molecule has 0 bridgehead atoms.